The van der Waals surface area contributed by atoms with Crippen LogP contribution in [0.3, 0.4) is 0 Å². The number of nitrogens with one attached hydrogen (secondary N) is 1. The fraction of sp³-hybridized carbons (Fsp3) is 0.909. The second-order valence-corrected chi connectivity index (χ2v) is 4.65. The van der Waals surface area contributed by atoms with Gasteiger partial charge in [-0.25, -0.2) is 0 Å². The molecule has 0 bridgehead atoms. The van der Waals surface area contributed by atoms with Gasteiger partial charge in [0.15, 0.2) is 0 Å². The van der Waals surface area contributed by atoms with E-state index in [4.69, 9.17) is 4.74 Å². The van der Waals surface area contributed by atoms with Crippen LogP contribution in [0.4, 0.5) is 0 Å². The lowest BCUT2D eigenvalue weighted by Crippen LogP contribution is -2.48. The van der Waals surface area contributed by atoms with Crippen LogP contribution in [0, 0.1) is 5.92 Å². The average molecular weight is 199 g/mol. The van der Waals surface area contributed by atoms with Crippen LogP contribution < -0.4 is 5.32 Å². The van der Waals surface area contributed by atoms with E-state index >= 15 is 0 Å². The van der Waals surface area contributed by atoms with Crippen LogP contribution in [0.5, 0.6) is 0 Å². The molecule has 1 fully saturated rings. The molecule has 0 aliphatic heterocycles. The number of carbonyl (C=O) groups excluding carboxylic acids is 1. The fourth-order valence-corrected chi connectivity index (χ4v) is 1.94. The Morgan fingerprint density at radius 2 is 2.00 bits per heavy atom. The molecule has 82 valence electrons. The van der Waals surface area contributed by atoms with Gasteiger partial charge in [-0.1, -0.05) is 12.8 Å². The van der Waals surface area contributed by atoms with Crippen LogP contribution in [0.1, 0.15) is 39.5 Å². The quantitative estimate of drug-likeness (QED) is 0.701. The molecule has 1 aliphatic rings. The molecule has 1 saturated carbocycles. The number of carbonyl (C=O) groups is 1. The Bertz CT molecular complexity index is 195. The maximum atomic E-state index is 11.4. The summed E-state index contributed by atoms with van der Waals surface area (Å²) in [6, 6.07) is 0. The monoisotopic (exact) mass is 199 g/mol. The molecule has 1 N–H and O–H groups in total. The predicted molar refractivity (Wildman–Crippen MR) is 56.1 cm³/mol. The number of hydrogen-bond acceptors (Lipinski definition) is 3. The molecule has 14 heavy (non-hydrogen) atoms. The van der Waals surface area contributed by atoms with Gasteiger partial charge in [0.2, 0.25) is 0 Å². The molecule has 0 aromatic carbocycles. The lowest BCUT2D eigenvalue weighted by atomic mass is 10.0. The molecule has 0 aromatic rings. The highest BCUT2D eigenvalue weighted by Gasteiger charge is 2.29. The van der Waals surface area contributed by atoms with E-state index in [1.165, 1.54) is 32.8 Å². The van der Waals surface area contributed by atoms with Gasteiger partial charge in [0.1, 0.15) is 5.54 Å². The first kappa shape index (κ1) is 11.5. The molecular weight excluding hydrogens is 178 g/mol. The molecule has 3 nitrogen and oxygen atoms in total. The van der Waals surface area contributed by atoms with Gasteiger partial charge in [0.25, 0.3) is 0 Å². The zero-order chi connectivity index (χ0) is 10.6. The van der Waals surface area contributed by atoms with Gasteiger partial charge < -0.3 is 10.1 Å². The van der Waals surface area contributed by atoms with E-state index in [-0.39, 0.29) is 5.97 Å². The third-order valence-electron chi connectivity index (χ3n) is 3.00. The zero-order valence-electron chi connectivity index (χ0n) is 9.43. The standard InChI is InChI=1S/C11H21NO2/c1-11(2,10(13)14-3)12-8-9-6-4-5-7-9/h9,12H,4-8H2,1-3H3. The highest BCUT2D eigenvalue weighted by atomic mass is 16.5. The Kier molecular flexibility index (Phi) is 3.93. The molecule has 1 rings (SSSR count). The topological polar surface area (TPSA) is 38.3 Å². The molecule has 0 unspecified atom stereocenters. The van der Waals surface area contributed by atoms with Crippen molar-refractivity contribution in [3.05, 3.63) is 0 Å². The molecule has 0 amide bonds. The number of ether oxygens (including phenoxy) is 1. The largest absolute Gasteiger partial charge is 0.468 e. The van der Waals surface area contributed by atoms with E-state index in [1.807, 2.05) is 13.8 Å². The molecular formula is C11H21NO2. The molecule has 0 radical (unpaired) electrons. The van der Waals surface area contributed by atoms with Crippen molar-refractivity contribution < 1.29 is 9.53 Å². The van der Waals surface area contributed by atoms with Crippen molar-refractivity contribution in [3.8, 4) is 0 Å². The summed E-state index contributed by atoms with van der Waals surface area (Å²) in [6.45, 7) is 4.67. The minimum Gasteiger partial charge on any atom is -0.468 e. The summed E-state index contributed by atoms with van der Waals surface area (Å²) in [7, 11) is 1.43. The van der Waals surface area contributed by atoms with Crippen molar-refractivity contribution in [3.63, 3.8) is 0 Å². The van der Waals surface area contributed by atoms with E-state index in [1.54, 1.807) is 0 Å². The number of hydrogen-bond donors (Lipinski definition) is 1. The van der Waals surface area contributed by atoms with Crippen LogP contribution in [0.15, 0.2) is 0 Å². The van der Waals surface area contributed by atoms with Crippen molar-refractivity contribution in [2.45, 2.75) is 45.1 Å². The minimum atomic E-state index is -0.544. The average Bonchev–Trinajstić information content (AvgIpc) is 2.66. The molecule has 0 atom stereocenters. The molecule has 0 spiro atoms. The van der Waals surface area contributed by atoms with Crippen molar-refractivity contribution in [1.82, 2.24) is 5.32 Å². The van der Waals surface area contributed by atoms with E-state index < -0.39 is 5.54 Å². The fourth-order valence-electron chi connectivity index (χ4n) is 1.94. The molecule has 0 aromatic heterocycles. The van der Waals surface area contributed by atoms with Crippen LogP contribution in [0.2, 0.25) is 0 Å². The van der Waals surface area contributed by atoms with Crippen LogP contribution >= 0.6 is 0 Å². The second kappa shape index (κ2) is 4.78. The van der Waals surface area contributed by atoms with Gasteiger partial charge in [-0.3, -0.25) is 4.79 Å². The van der Waals surface area contributed by atoms with Crippen molar-refractivity contribution in [1.29, 1.82) is 0 Å². The normalized spacial score (nSPS) is 18.5. The SMILES string of the molecule is COC(=O)C(C)(C)NCC1CCCC1. The van der Waals surface area contributed by atoms with Gasteiger partial charge in [-0.05, 0) is 39.2 Å². The van der Waals surface area contributed by atoms with Gasteiger partial charge in [0, 0.05) is 0 Å². The summed E-state index contributed by atoms with van der Waals surface area (Å²) in [5, 5.41) is 3.28. The summed E-state index contributed by atoms with van der Waals surface area (Å²) in [4.78, 5) is 11.4. The first-order chi connectivity index (χ1) is 6.56. The summed E-state index contributed by atoms with van der Waals surface area (Å²) in [5.74, 6) is 0.564. The van der Waals surface area contributed by atoms with E-state index in [0.717, 1.165) is 12.5 Å². The maximum Gasteiger partial charge on any atom is 0.325 e. The lowest BCUT2D eigenvalue weighted by molar-refractivity contribution is -0.147. The first-order valence-corrected chi connectivity index (χ1v) is 5.39. The van der Waals surface area contributed by atoms with E-state index in [0.29, 0.717) is 0 Å². The van der Waals surface area contributed by atoms with Crippen molar-refractivity contribution >= 4 is 5.97 Å². The Hall–Kier alpha value is -0.570. The minimum absolute atomic E-state index is 0.185. The molecule has 3 heteroatoms. The zero-order valence-corrected chi connectivity index (χ0v) is 9.43. The highest BCUT2D eigenvalue weighted by Crippen LogP contribution is 2.24. The summed E-state index contributed by atoms with van der Waals surface area (Å²) in [6.07, 6.45) is 5.27. The Balaban J connectivity index is 2.31. The second-order valence-electron chi connectivity index (χ2n) is 4.65. The van der Waals surface area contributed by atoms with Crippen molar-refractivity contribution in [2.24, 2.45) is 5.92 Å². The summed E-state index contributed by atoms with van der Waals surface area (Å²) in [5.41, 5.74) is -0.544. The molecule has 1 aliphatic carbocycles. The highest BCUT2D eigenvalue weighted by molar-refractivity contribution is 5.79. The maximum absolute atomic E-state index is 11.4. The van der Waals surface area contributed by atoms with E-state index in [9.17, 15) is 4.79 Å². The Labute approximate surface area is 86.2 Å². The van der Waals surface area contributed by atoms with Gasteiger partial charge in [-0.2, -0.15) is 0 Å². The lowest BCUT2D eigenvalue weighted by Gasteiger charge is -2.25. The molecule has 0 heterocycles. The number of rotatable bonds is 4. The van der Waals surface area contributed by atoms with Crippen LogP contribution in [-0.2, 0) is 9.53 Å². The summed E-state index contributed by atoms with van der Waals surface area (Å²) < 4.78 is 4.73. The van der Waals surface area contributed by atoms with Gasteiger partial charge in [0.05, 0.1) is 7.11 Å². The van der Waals surface area contributed by atoms with Gasteiger partial charge >= 0.3 is 5.97 Å². The third kappa shape index (κ3) is 2.98. The number of methoxy groups -OCH3 is 1. The van der Waals surface area contributed by atoms with Crippen LogP contribution in [0.25, 0.3) is 0 Å². The van der Waals surface area contributed by atoms with Gasteiger partial charge in [-0.15, -0.1) is 0 Å². The smallest absolute Gasteiger partial charge is 0.325 e. The summed E-state index contributed by atoms with van der Waals surface area (Å²) >= 11 is 0. The van der Waals surface area contributed by atoms with E-state index in [2.05, 4.69) is 5.32 Å². The third-order valence-corrected chi connectivity index (χ3v) is 3.00. The number of esters is 1. The predicted octanol–water partition coefficient (Wildman–Crippen LogP) is 1.72. The molecule has 0 saturated heterocycles. The van der Waals surface area contributed by atoms with Crippen LogP contribution in [-0.4, -0.2) is 25.2 Å². The Morgan fingerprint density at radius 1 is 1.43 bits per heavy atom. The first-order valence-electron chi connectivity index (χ1n) is 5.39. The van der Waals surface area contributed by atoms with Crippen molar-refractivity contribution in [2.75, 3.05) is 13.7 Å². The Morgan fingerprint density at radius 3 is 2.50 bits per heavy atom.